The lowest BCUT2D eigenvalue weighted by atomic mass is 10.0. The third-order valence-electron chi connectivity index (χ3n) is 3.90. The first-order valence-electron chi connectivity index (χ1n) is 7.91. The van der Waals surface area contributed by atoms with Gasteiger partial charge in [-0.15, -0.1) is 0 Å². The summed E-state index contributed by atoms with van der Waals surface area (Å²) in [4.78, 5) is 4.45. The molecule has 0 saturated heterocycles. The molecule has 1 heterocycles. The number of benzene rings is 3. The van der Waals surface area contributed by atoms with Gasteiger partial charge in [-0.05, 0) is 29.0 Å². The Morgan fingerprint density at radius 2 is 1.72 bits per heavy atom. The van der Waals surface area contributed by atoms with Crippen LogP contribution in [0.1, 0.15) is 5.82 Å². The number of aromatic nitrogens is 2. The van der Waals surface area contributed by atoms with E-state index >= 15 is 0 Å². The number of methoxy groups -OCH3 is 1. The topological polar surface area (TPSA) is 57.4 Å². The molecule has 0 atom stereocenters. The molecule has 0 aliphatic rings. The van der Waals surface area contributed by atoms with Crippen molar-refractivity contribution in [2.24, 2.45) is 0 Å². The standard InChI is InChI=1S/C20H16N2O3/c1-23-15-8-5-9-16(12-15)24-13-19-21-20(25-22-19)18-11-4-7-14-6-2-3-10-17(14)18/h2-12H,13H2,1H3. The second-order valence-corrected chi connectivity index (χ2v) is 5.51. The number of hydrogen-bond acceptors (Lipinski definition) is 5. The first kappa shape index (κ1) is 15.2. The summed E-state index contributed by atoms with van der Waals surface area (Å²) >= 11 is 0. The fourth-order valence-corrected chi connectivity index (χ4v) is 2.67. The van der Waals surface area contributed by atoms with Crippen molar-refractivity contribution in [3.8, 4) is 23.0 Å². The van der Waals surface area contributed by atoms with Crippen molar-refractivity contribution in [1.82, 2.24) is 10.1 Å². The summed E-state index contributed by atoms with van der Waals surface area (Å²) in [5.41, 5.74) is 0.915. The van der Waals surface area contributed by atoms with Gasteiger partial charge in [0.25, 0.3) is 5.89 Å². The van der Waals surface area contributed by atoms with E-state index in [1.54, 1.807) is 7.11 Å². The van der Waals surface area contributed by atoms with E-state index in [0.29, 0.717) is 17.5 Å². The minimum atomic E-state index is 0.224. The lowest BCUT2D eigenvalue weighted by Gasteiger charge is -2.05. The van der Waals surface area contributed by atoms with Crippen molar-refractivity contribution in [2.75, 3.05) is 7.11 Å². The average Bonchev–Trinajstić information content (AvgIpc) is 3.15. The zero-order chi connectivity index (χ0) is 17.1. The van der Waals surface area contributed by atoms with Crippen LogP contribution in [0.5, 0.6) is 11.5 Å². The van der Waals surface area contributed by atoms with E-state index in [9.17, 15) is 0 Å². The monoisotopic (exact) mass is 332 g/mol. The number of ether oxygens (including phenoxy) is 2. The van der Waals surface area contributed by atoms with Crippen LogP contribution >= 0.6 is 0 Å². The van der Waals surface area contributed by atoms with Gasteiger partial charge in [0.1, 0.15) is 11.5 Å². The average molecular weight is 332 g/mol. The van der Waals surface area contributed by atoms with Gasteiger partial charge in [-0.1, -0.05) is 47.6 Å². The molecule has 0 unspecified atom stereocenters. The van der Waals surface area contributed by atoms with Gasteiger partial charge in [-0.25, -0.2) is 0 Å². The molecular weight excluding hydrogens is 316 g/mol. The van der Waals surface area contributed by atoms with Gasteiger partial charge in [-0.2, -0.15) is 4.98 Å². The molecule has 1 aromatic heterocycles. The molecule has 25 heavy (non-hydrogen) atoms. The highest BCUT2D eigenvalue weighted by Gasteiger charge is 2.12. The Labute approximate surface area is 144 Å². The van der Waals surface area contributed by atoms with Gasteiger partial charge in [-0.3, -0.25) is 0 Å². The molecule has 4 rings (SSSR count). The molecule has 0 radical (unpaired) electrons. The van der Waals surface area contributed by atoms with Gasteiger partial charge >= 0.3 is 0 Å². The van der Waals surface area contributed by atoms with Gasteiger partial charge in [0.15, 0.2) is 6.61 Å². The molecule has 5 nitrogen and oxygen atoms in total. The molecule has 0 aliphatic carbocycles. The maximum Gasteiger partial charge on any atom is 0.258 e. The largest absolute Gasteiger partial charge is 0.497 e. The maximum atomic E-state index is 5.71. The fourth-order valence-electron chi connectivity index (χ4n) is 2.67. The smallest absolute Gasteiger partial charge is 0.258 e. The molecule has 4 aromatic rings. The SMILES string of the molecule is COc1cccc(OCc2noc(-c3cccc4ccccc34)n2)c1. The molecule has 5 heteroatoms. The van der Waals surface area contributed by atoms with Crippen LogP contribution in [-0.4, -0.2) is 17.3 Å². The molecule has 0 saturated carbocycles. The van der Waals surface area contributed by atoms with Crippen molar-refractivity contribution < 1.29 is 14.0 Å². The van der Waals surface area contributed by atoms with Gasteiger partial charge in [0, 0.05) is 11.6 Å². The molecule has 0 fully saturated rings. The molecule has 3 aromatic carbocycles. The van der Waals surface area contributed by atoms with Crippen LogP contribution in [0.3, 0.4) is 0 Å². The molecule has 0 aliphatic heterocycles. The first-order valence-corrected chi connectivity index (χ1v) is 7.91. The van der Waals surface area contributed by atoms with Crippen molar-refractivity contribution in [3.05, 3.63) is 72.6 Å². The third-order valence-corrected chi connectivity index (χ3v) is 3.90. The molecule has 0 bridgehead atoms. The normalized spacial score (nSPS) is 10.8. The van der Waals surface area contributed by atoms with Crippen molar-refractivity contribution in [2.45, 2.75) is 6.61 Å². The summed E-state index contributed by atoms with van der Waals surface area (Å²) in [6.07, 6.45) is 0. The Kier molecular flexibility index (Phi) is 4.04. The van der Waals surface area contributed by atoms with E-state index < -0.39 is 0 Å². The van der Waals surface area contributed by atoms with E-state index in [0.717, 1.165) is 22.1 Å². The van der Waals surface area contributed by atoms with E-state index in [-0.39, 0.29) is 6.61 Å². The number of rotatable bonds is 5. The van der Waals surface area contributed by atoms with Crippen LogP contribution in [0.25, 0.3) is 22.2 Å². The van der Waals surface area contributed by atoms with Crippen molar-refractivity contribution in [1.29, 1.82) is 0 Å². The summed E-state index contributed by atoms with van der Waals surface area (Å²) in [6.45, 7) is 0.224. The molecule has 0 spiro atoms. The van der Waals surface area contributed by atoms with E-state index in [1.807, 2.05) is 54.6 Å². The Morgan fingerprint density at radius 3 is 2.64 bits per heavy atom. The van der Waals surface area contributed by atoms with E-state index in [4.69, 9.17) is 14.0 Å². The second-order valence-electron chi connectivity index (χ2n) is 5.51. The van der Waals surface area contributed by atoms with E-state index in [2.05, 4.69) is 22.3 Å². The summed E-state index contributed by atoms with van der Waals surface area (Å²) in [5, 5.41) is 6.22. The van der Waals surface area contributed by atoms with Crippen molar-refractivity contribution in [3.63, 3.8) is 0 Å². The van der Waals surface area contributed by atoms with E-state index in [1.165, 1.54) is 0 Å². The van der Waals surface area contributed by atoms with Gasteiger partial charge in [0.05, 0.1) is 7.11 Å². The maximum absolute atomic E-state index is 5.71. The van der Waals surface area contributed by atoms with Crippen LogP contribution in [0.15, 0.2) is 71.3 Å². The van der Waals surface area contributed by atoms with Gasteiger partial charge in [0.2, 0.25) is 5.82 Å². The second kappa shape index (κ2) is 6.65. The third kappa shape index (κ3) is 3.17. The Morgan fingerprint density at radius 1 is 0.920 bits per heavy atom. The van der Waals surface area contributed by atoms with Crippen molar-refractivity contribution >= 4 is 10.8 Å². The number of hydrogen-bond donors (Lipinski definition) is 0. The Hall–Kier alpha value is -3.34. The lowest BCUT2D eigenvalue weighted by Crippen LogP contribution is -1.97. The molecule has 0 amide bonds. The summed E-state index contributed by atoms with van der Waals surface area (Å²) < 4.78 is 16.3. The minimum absolute atomic E-state index is 0.224. The Bertz CT molecular complexity index is 1010. The Balaban J connectivity index is 1.55. The summed E-state index contributed by atoms with van der Waals surface area (Å²) in [5.74, 6) is 2.41. The van der Waals surface area contributed by atoms with Crippen LogP contribution in [0.2, 0.25) is 0 Å². The van der Waals surface area contributed by atoms with Crippen LogP contribution in [0, 0.1) is 0 Å². The highest BCUT2D eigenvalue weighted by molar-refractivity contribution is 5.94. The predicted octanol–water partition coefficient (Wildman–Crippen LogP) is 4.48. The summed E-state index contributed by atoms with van der Waals surface area (Å²) in [7, 11) is 1.62. The zero-order valence-electron chi connectivity index (χ0n) is 13.7. The zero-order valence-corrected chi connectivity index (χ0v) is 13.7. The molecule has 0 N–H and O–H groups in total. The minimum Gasteiger partial charge on any atom is -0.497 e. The number of fused-ring (bicyclic) bond motifs is 1. The molecular formula is C20H16N2O3. The number of nitrogens with zero attached hydrogens (tertiary/aromatic N) is 2. The van der Waals surface area contributed by atoms with Crippen LogP contribution in [0.4, 0.5) is 0 Å². The fraction of sp³-hybridized carbons (Fsp3) is 0.100. The van der Waals surface area contributed by atoms with Gasteiger partial charge < -0.3 is 14.0 Å². The summed E-state index contributed by atoms with van der Waals surface area (Å²) in [6, 6.07) is 21.5. The predicted molar refractivity (Wildman–Crippen MR) is 94.6 cm³/mol. The lowest BCUT2D eigenvalue weighted by molar-refractivity contribution is 0.285. The highest BCUT2D eigenvalue weighted by atomic mass is 16.5. The quantitative estimate of drug-likeness (QED) is 0.539. The van der Waals surface area contributed by atoms with Crippen LogP contribution < -0.4 is 9.47 Å². The molecule has 124 valence electrons. The first-order chi connectivity index (χ1) is 12.3. The van der Waals surface area contributed by atoms with Crippen LogP contribution in [-0.2, 0) is 6.61 Å². The highest BCUT2D eigenvalue weighted by Crippen LogP contribution is 2.27.